The van der Waals surface area contributed by atoms with Crippen LogP contribution >= 0.6 is 0 Å². The molecule has 0 bridgehead atoms. The maximum atomic E-state index is 2.36. The molecule has 0 heterocycles. The smallest absolute Gasteiger partial charge is 0.00106 e. The van der Waals surface area contributed by atoms with Crippen molar-refractivity contribution in [3.8, 4) is 11.1 Å². The summed E-state index contributed by atoms with van der Waals surface area (Å²) in [6.07, 6.45) is 1.07. The fourth-order valence-electron chi connectivity index (χ4n) is 3.89. The van der Waals surface area contributed by atoms with Crippen molar-refractivity contribution in [2.75, 3.05) is 0 Å². The van der Waals surface area contributed by atoms with Crippen LogP contribution < -0.4 is 0 Å². The van der Waals surface area contributed by atoms with Crippen LogP contribution in [0.2, 0.25) is 0 Å². The summed E-state index contributed by atoms with van der Waals surface area (Å²) in [5.41, 5.74) is 7.24. The fourth-order valence-corrected chi connectivity index (χ4v) is 3.89. The number of benzene rings is 4. The third kappa shape index (κ3) is 1.52. The summed E-state index contributed by atoms with van der Waals surface area (Å²) in [6.45, 7) is 2.22. The van der Waals surface area contributed by atoms with Crippen molar-refractivity contribution in [1.29, 1.82) is 0 Å². The van der Waals surface area contributed by atoms with E-state index in [-0.39, 0.29) is 0 Å². The van der Waals surface area contributed by atoms with E-state index in [4.69, 9.17) is 0 Å². The van der Waals surface area contributed by atoms with Gasteiger partial charge in [0.15, 0.2) is 0 Å². The van der Waals surface area contributed by atoms with Gasteiger partial charge in [-0.25, -0.2) is 0 Å². The minimum absolute atomic E-state index is 1.07. The molecule has 0 N–H and O–H groups in total. The first-order valence-corrected chi connectivity index (χ1v) is 7.84. The molecular formula is C22H16. The second kappa shape index (κ2) is 4.20. The third-order valence-corrected chi connectivity index (χ3v) is 5.02. The summed E-state index contributed by atoms with van der Waals surface area (Å²) < 4.78 is 0. The van der Waals surface area contributed by atoms with Crippen molar-refractivity contribution < 1.29 is 0 Å². The fraction of sp³-hybridized carbons (Fsp3) is 0.0909. The van der Waals surface area contributed by atoms with Gasteiger partial charge in [0.05, 0.1) is 0 Å². The standard InChI is InChI=1S/C22H16/c1-14-5-4-8-19-20(14)13-18-10-9-17-11-15-6-2-3-7-16(15)12-21(17)22(18)19/h2-12H,13H2,1H3. The summed E-state index contributed by atoms with van der Waals surface area (Å²) in [5.74, 6) is 0. The zero-order valence-corrected chi connectivity index (χ0v) is 12.6. The van der Waals surface area contributed by atoms with E-state index in [1.807, 2.05) is 0 Å². The molecule has 0 saturated carbocycles. The molecule has 4 aromatic carbocycles. The minimum Gasteiger partial charge on any atom is -0.0616 e. The highest BCUT2D eigenvalue weighted by Crippen LogP contribution is 2.43. The normalized spacial score (nSPS) is 12.6. The van der Waals surface area contributed by atoms with Crippen molar-refractivity contribution in [3.05, 3.63) is 83.4 Å². The van der Waals surface area contributed by atoms with Gasteiger partial charge >= 0.3 is 0 Å². The highest BCUT2D eigenvalue weighted by molar-refractivity contribution is 6.07. The van der Waals surface area contributed by atoms with Crippen LogP contribution in [0.1, 0.15) is 16.7 Å². The lowest BCUT2D eigenvalue weighted by Gasteiger charge is -2.09. The Morgan fingerprint density at radius 1 is 0.727 bits per heavy atom. The molecule has 1 aliphatic carbocycles. The quantitative estimate of drug-likeness (QED) is 0.311. The van der Waals surface area contributed by atoms with Gasteiger partial charge in [0.2, 0.25) is 0 Å². The molecule has 0 heteroatoms. The molecule has 0 amide bonds. The SMILES string of the molecule is Cc1cccc2c1Cc1ccc3cc4ccccc4cc3c1-2. The Hall–Kier alpha value is -2.60. The van der Waals surface area contributed by atoms with Gasteiger partial charge in [-0.05, 0) is 74.8 Å². The summed E-state index contributed by atoms with van der Waals surface area (Å²) >= 11 is 0. The average molecular weight is 280 g/mol. The summed E-state index contributed by atoms with van der Waals surface area (Å²) in [6, 6.07) is 24.6. The number of fused-ring (bicyclic) bond motifs is 6. The van der Waals surface area contributed by atoms with E-state index in [0.717, 1.165) is 6.42 Å². The molecule has 4 aromatic rings. The van der Waals surface area contributed by atoms with Crippen molar-refractivity contribution in [3.63, 3.8) is 0 Å². The molecule has 0 fully saturated rings. The van der Waals surface area contributed by atoms with Crippen molar-refractivity contribution in [1.82, 2.24) is 0 Å². The van der Waals surface area contributed by atoms with Crippen LogP contribution in [0.4, 0.5) is 0 Å². The van der Waals surface area contributed by atoms with E-state index in [1.54, 1.807) is 0 Å². The van der Waals surface area contributed by atoms with Crippen LogP contribution in [-0.4, -0.2) is 0 Å². The largest absolute Gasteiger partial charge is 0.0616 e. The monoisotopic (exact) mass is 280 g/mol. The Labute approximate surface area is 130 Å². The van der Waals surface area contributed by atoms with Crippen molar-refractivity contribution in [2.45, 2.75) is 13.3 Å². The lowest BCUT2D eigenvalue weighted by molar-refractivity contribution is 1.22. The maximum absolute atomic E-state index is 2.36. The molecule has 0 spiro atoms. The Balaban J connectivity index is 1.94. The van der Waals surface area contributed by atoms with Gasteiger partial charge in [-0.1, -0.05) is 54.6 Å². The Morgan fingerprint density at radius 3 is 2.41 bits per heavy atom. The second-order valence-electron chi connectivity index (χ2n) is 6.30. The molecule has 5 rings (SSSR count). The predicted molar refractivity (Wildman–Crippen MR) is 94.4 cm³/mol. The first-order chi connectivity index (χ1) is 10.8. The molecule has 0 nitrogen and oxygen atoms in total. The molecular weight excluding hydrogens is 264 g/mol. The number of hydrogen-bond acceptors (Lipinski definition) is 0. The Kier molecular flexibility index (Phi) is 2.29. The van der Waals surface area contributed by atoms with Gasteiger partial charge in [-0.15, -0.1) is 0 Å². The maximum Gasteiger partial charge on any atom is -0.00106 e. The van der Waals surface area contributed by atoms with Gasteiger partial charge in [0.1, 0.15) is 0 Å². The lowest BCUT2D eigenvalue weighted by atomic mass is 9.95. The Bertz CT molecular complexity index is 1050. The summed E-state index contributed by atoms with van der Waals surface area (Å²) in [7, 11) is 0. The number of rotatable bonds is 0. The van der Waals surface area contributed by atoms with Crippen molar-refractivity contribution >= 4 is 21.5 Å². The summed E-state index contributed by atoms with van der Waals surface area (Å²) in [5, 5.41) is 5.37. The second-order valence-corrected chi connectivity index (χ2v) is 6.30. The third-order valence-electron chi connectivity index (χ3n) is 5.02. The van der Waals surface area contributed by atoms with Crippen LogP contribution in [0.5, 0.6) is 0 Å². The van der Waals surface area contributed by atoms with Crippen LogP contribution in [0, 0.1) is 6.92 Å². The zero-order chi connectivity index (χ0) is 14.7. The van der Waals surface area contributed by atoms with Crippen LogP contribution in [0.15, 0.2) is 66.7 Å². The first-order valence-electron chi connectivity index (χ1n) is 7.84. The molecule has 104 valence electrons. The molecule has 0 atom stereocenters. The van der Waals surface area contributed by atoms with Gasteiger partial charge in [0.25, 0.3) is 0 Å². The van der Waals surface area contributed by atoms with Crippen molar-refractivity contribution in [2.24, 2.45) is 0 Å². The lowest BCUT2D eigenvalue weighted by Crippen LogP contribution is -1.84. The molecule has 0 aromatic heterocycles. The van der Waals surface area contributed by atoms with Gasteiger partial charge < -0.3 is 0 Å². The molecule has 0 radical (unpaired) electrons. The number of hydrogen-bond donors (Lipinski definition) is 0. The van der Waals surface area contributed by atoms with E-state index in [1.165, 1.54) is 49.4 Å². The first kappa shape index (κ1) is 12.0. The van der Waals surface area contributed by atoms with E-state index < -0.39 is 0 Å². The highest BCUT2D eigenvalue weighted by atomic mass is 14.2. The topological polar surface area (TPSA) is 0 Å². The number of aryl methyl sites for hydroxylation is 1. The average Bonchev–Trinajstić information content (AvgIpc) is 2.93. The van der Waals surface area contributed by atoms with E-state index in [2.05, 4.69) is 73.7 Å². The van der Waals surface area contributed by atoms with Crippen LogP contribution in [0.3, 0.4) is 0 Å². The minimum atomic E-state index is 1.07. The van der Waals surface area contributed by atoms with E-state index in [9.17, 15) is 0 Å². The molecule has 22 heavy (non-hydrogen) atoms. The van der Waals surface area contributed by atoms with Gasteiger partial charge in [-0.2, -0.15) is 0 Å². The van der Waals surface area contributed by atoms with Gasteiger partial charge in [-0.3, -0.25) is 0 Å². The zero-order valence-electron chi connectivity index (χ0n) is 12.6. The highest BCUT2D eigenvalue weighted by Gasteiger charge is 2.21. The Morgan fingerprint density at radius 2 is 1.55 bits per heavy atom. The van der Waals surface area contributed by atoms with Crippen LogP contribution in [0.25, 0.3) is 32.7 Å². The van der Waals surface area contributed by atoms with Gasteiger partial charge in [0, 0.05) is 0 Å². The molecule has 0 unspecified atom stereocenters. The molecule has 1 aliphatic rings. The molecule has 0 saturated heterocycles. The van der Waals surface area contributed by atoms with Crippen LogP contribution in [-0.2, 0) is 6.42 Å². The van der Waals surface area contributed by atoms with E-state index >= 15 is 0 Å². The summed E-state index contributed by atoms with van der Waals surface area (Å²) in [4.78, 5) is 0. The van der Waals surface area contributed by atoms with E-state index in [0.29, 0.717) is 0 Å². The molecule has 0 aliphatic heterocycles. The predicted octanol–water partition coefficient (Wildman–Crippen LogP) is 5.87.